The Kier molecular flexibility index (Phi) is 5.56. The SMILES string of the molecule is O=C(C=Cc1ccc(Br)cc1)NC1CCCCC1C(=O)O. The molecule has 5 heteroatoms. The topological polar surface area (TPSA) is 66.4 Å². The summed E-state index contributed by atoms with van der Waals surface area (Å²) in [6.45, 7) is 0. The monoisotopic (exact) mass is 351 g/mol. The third-order valence-electron chi connectivity index (χ3n) is 3.71. The molecule has 1 aliphatic rings. The van der Waals surface area contributed by atoms with Gasteiger partial charge in [-0.05, 0) is 36.6 Å². The van der Waals surface area contributed by atoms with Crippen LogP contribution < -0.4 is 5.32 Å². The lowest BCUT2D eigenvalue weighted by Crippen LogP contribution is -2.44. The van der Waals surface area contributed by atoms with Crippen molar-refractivity contribution in [3.63, 3.8) is 0 Å². The van der Waals surface area contributed by atoms with E-state index in [0.717, 1.165) is 29.3 Å². The Balaban J connectivity index is 1.94. The first-order valence-electron chi connectivity index (χ1n) is 7.03. The first kappa shape index (κ1) is 15.8. The number of nitrogens with one attached hydrogen (secondary N) is 1. The van der Waals surface area contributed by atoms with Gasteiger partial charge in [-0.1, -0.05) is 40.9 Å². The molecule has 2 rings (SSSR count). The van der Waals surface area contributed by atoms with Gasteiger partial charge in [-0.3, -0.25) is 9.59 Å². The molecule has 21 heavy (non-hydrogen) atoms. The average molecular weight is 352 g/mol. The van der Waals surface area contributed by atoms with Crippen molar-refractivity contribution in [3.8, 4) is 0 Å². The number of rotatable bonds is 4. The predicted molar refractivity (Wildman–Crippen MR) is 84.7 cm³/mol. The highest BCUT2D eigenvalue weighted by Gasteiger charge is 2.31. The van der Waals surface area contributed by atoms with Crippen LogP contribution in [0.15, 0.2) is 34.8 Å². The van der Waals surface area contributed by atoms with Crippen LogP contribution in [0.25, 0.3) is 6.08 Å². The highest BCUT2D eigenvalue weighted by molar-refractivity contribution is 9.10. The molecule has 0 aliphatic heterocycles. The Hall–Kier alpha value is -1.62. The van der Waals surface area contributed by atoms with E-state index >= 15 is 0 Å². The van der Waals surface area contributed by atoms with Crippen LogP contribution in [0.4, 0.5) is 0 Å². The Morgan fingerprint density at radius 3 is 2.52 bits per heavy atom. The number of carbonyl (C=O) groups is 2. The molecule has 1 aliphatic carbocycles. The van der Waals surface area contributed by atoms with E-state index in [-0.39, 0.29) is 11.9 Å². The van der Waals surface area contributed by atoms with Gasteiger partial charge in [-0.15, -0.1) is 0 Å². The Bertz CT molecular complexity index is 539. The smallest absolute Gasteiger partial charge is 0.308 e. The van der Waals surface area contributed by atoms with E-state index in [2.05, 4.69) is 21.2 Å². The minimum Gasteiger partial charge on any atom is -0.481 e. The molecule has 1 saturated carbocycles. The fourth-order valence-corrected chi connectivity index (χ4v) is 2.84. The first-order chi connectivity index (χ1) is 10.1. The summed E-state index contributed by atoms with van der Waals surface area (Å²) in [4.78, 5) is 23.1. The number of carboxylic acid groups (broad SMARTS) is 1. The Labute approximate surface area is 132 Å². The predicted octanol–water partition coefficient (Wildman–Crippen LogP) is 3.22. The maximum atomic E-state index is 11.9. The molecule has 2 unspecified atom stereocenters. The van der Waals surface area contributed by atoms with Gasteiger partial charge in [0.1, 0.15) is 0 Å². The molecule has 2 N–H and O–H groups in total. The van der Waals surface area contributed by atoms with Crippen molar-refractivity contribution in [3.05, 3.63) is 40.4 Å². The van der Waals surface area contributed by atoms with Crippen LogP contribution in [0.1, 0.15) is 31.2 Å². The molecule has 1 amide bonds. The van der Waals surface area contributed by atoms with Crippen molar-refractivity contribution >= 4 is 33.9 Å². The van der Waals surface area contributed by atoms with Crippen LogP contribution in [-0.2, 0) is 9.59 Å². The van der Waals surface area contributed by atoms with Gasteiger partial charge in [-0.25, -0.2) is 0 Å². The minimum absolute atomic E-state index is 0.240. The molecular weight excluding hydrogens is 334 g/mol. The van der Waals surface area contributed by atoms with Crippen LogP contribution in [0, 0.1) is 5.92 Å². The van der Waals surface area contributed by atoms with Crippen molar-refractivity contribution in [2.75, 3.05) is 0 Å². The van der Waals surface area contributed by atoms with E-state index in [9.17, 15) is 14.7 Å². The van der Waals surface area contributed by atoms with E-state index in [1.807, 2.05) is 24.3 Å². The van der Waals surface area contributed by atoms with Crippen molar-refractivity contribution in [2.24, 2.45) is 5.92 Å². The van der Waals surface area contributed by atoms with Crippen LogP contribution in [0.3, 0.4) is 0 Å². The highest BCUT2D eigenvalue weighted by Crippen LogP contribution is 2.24. The molecule has 0 aromatic heterocycles. The van der Waals surface area contributed by atoms with Crippen LogP contribution >= 0.6 is 15.9 Å². The third-order valence-corrected chi connectivity index (χ3v) is 4.24. The van der Waals surface area contributed by atoms with Crippen LogP contribution in [0.5, 0.6) is 0 Å². The zero-order valence-electron chi connectivity index (χ0n) is 11.6. The summed E-state index contributed by atoms with van der Waals surface area (Å²) in [5.41, 5.74) is 0.923. The fraction of sp³-hybridized carbons (Fsp3) is 0.375. The van der Waals surface area contributed by atoms with E-state index < -0.39 is 11.9 Å². The fourth-order valence-electron chi connectivity index (χ4n) is 2.58. The number of aliphatic carboxylic acids is 1. The molecule has 112 valence electrons. The van der Waals surface area contributed by atoms with E-state index in [1.54, 1.807) is 6.08 Å². The first-order valence-corrected chi connectivity index (χ1v) is 7.82. The third kappa shape index (κ3) is 4.70. The van der Waals surface area contributed by atoms with Gasteiger partial charge in [-0.2, -0.15) is 0 Å². The van der Waals surface area contributed by atoms with E-state index in [1.165, 1.54) is 6.08 Å². The standard InChI is InChI=1S/C16H18BrNO3/c17-12-8-5-11(6-9-12)7-10-15(19)18-14-4-2-1-3-13(14)16(20)21/h5-10,13-14H,1-4H2,(H,18,19)(H,20,21). The second kappa shape index (κ2) is 7.41. The number of carbonyl (C=O) groups excluding carboxylic acids is 1. The van der Waals surface area contributed by atoms with E-state index in [4.69, 9.17) is 0 Å². The number of hydrogen-bond acceptors (Lipinski definition) is 2. The van der Waals surface area contributed by atoms with Gasteiger partial charge in [0.15, 0.2) is 0 Å². The summed E-state index contributed by atoms with van der Waals surface area (Å²) < 4.78 is 0.982. The van der Waals surface area contributed by atoms with Crippen LogP contribution in [0.2, 0.25) is 0 Å². The van der Waals surface area contributed by atoms with Crippen molar-refractivity contribution in [2.45, 2.75) is 31.7 Å². The largest absolute Gasteiger partial charge is 0.481 e. The Morgan fingerprint density at radius 2 is 1.86 bits per heavy atom. The summed E-state index contributed by atoms with van der Waals surface area (Å²) in [5, 5.41) is 12.0. The molecule has 1 aromatic rings. The van der Waals surface area contributed by atoms with E-state index in [0.29, 0.717) is 6.42 Å². The molecule has 0 radical (unpaired) electrons. The second-order valence-corrected chi connectivity index (χ2v) is 6.14. The molecule has 4 nitrogen and oxygen atoms in total. The van der Waals surface area contributed by atoms with Gasteiger partial charge in [0.2, 0.25) is 5.91 Å². The molecule has 0 heterocycles. The highest BCUT2D eigenvalue weighted by atomic mass is 79.9. The lowest BCUT2D eigenvalue weighted by molar-refractivity contribution is -0.144. The number of carboxylic acids is 1. The minimum atomic E-state index is -0.822. The normalized spacial score (nSPS) is 22.1. The lowest BCUT2D eigenvalue weighted by Gasteiger charge is -2.28. The summed E-state index contributed by atoms with van der Waals surface area (Å²) in [6.07, 6.45) is 6.42. The number of amides is 1. The molecule has 1 aromatic carbocycles. The quantitative estimate of drug-likeness (QED) is 0.818. The molecule has 0 saturated heterocycles. The summed E-state index contributed by atoms with van der Waals surface area (Å²) in [5.74, 6) is -1.53. The number of halogens is 1. The number of hydrogen-bond donors (Lipinski definition) is 2. The molecule has 0 spiro atoms. The summed E-state index contributed by atoms with van der Waals surface area (Å²) in [7, 11) is 0. The van der Waals surface area contributed by atoms with Crippen molar-refractivity contribution < 1.29 is 14.7 Å². The van der Waals surface area contributed by atoms with Gasteiger partial charge >= 0.3 is 5.97 Å². The molecule has 0 bridgehead atoms. The summed E-state index contributed by atoms with van der Waals surface area (Å²) >= 11 is 3.35. The summed E-state index contributed by atoms with van der Waals surface area (Å²) in [6, 6.07) is 7.33. The second-order valence-electron chi connectivity index (χ2n) is 5.23. The molecule has 2 atom stereocenters. The maximum absolute atomic E-state index is 11.9. The zero-order chi connectivity index (χ0) is 15.2. The lowest BCUT2D eigenvalue weighted by atomic mass is 9.84. The van der Waals surface area contributed by atoms with Crippen molar-refractivity contribution in [1.29, 1.82) is 0 Å². The van der Waals surface area contributed by atoms with Crippen LogP contribution in [-0.4, -0.2) is 23.0 Å². The average Bonchev–Trinajstić information content (AvgIpc) is 2.47. The Morgan fingerprint density at radius 1 is 1.19 bits per heavy atom. The van der Waals surface area contributed by atoms with Gasteiger partial charge < -0.3 is 10.4 Å². The van der Waals surface area contributed by atoms with Gasteiger partial charge in [0, 0.05) is 16.6 Å². The maximum Gasteiger partial charge on any atom is 0.308 e. The molecule has 1 fully saturated rings. The number of benzene rings is 1. The van der Waals surface area contributed by atoms with Crippen molar-refractivity contribution in [1.82, 2.24) is 5.32 Å². The van der Waals surface area contributed by atoms with Gasteiger partial charge in [0.25, 0.3) is 0 Å². The zero-order valence-corrected chi connectivity index (χ0v) is 13.2. The molecular formula is C16H18BrNO3. The van der Waals surface area contributed by atoms with Gasteiger partial charge in [0.05, 0.1) is 5.92 Å².